The molecular weight excluding hydrogens is 385 g/mol. The summed E-state index contributed by atoms with van der Waals surface area (Å²) in [5, 5.41) is 2.89. The summed E-state index contributed by atoms with van der Waals surface area (Å²) in [6.45, 7) is 3.36. The molecule has 0 saturated carbocycles. The number of aromatic amines is 1. The number of fused-ring (bicyclic) bond motifs is 1. The molecule has 0 unspecified atom stereocenters. The van der Waals surface area contributed by atoms with Crippen LogP contribution in [-0.2, 0) is 17.8 Å². The molecule has 0 radical (unpaired) electrons. The zero-order valence-corrected chi connectivity index (χ0v) is 16.6. The number of nitrogens with one attached hydrogen (secondary N) is 1. The quantitative estimate of drug-likeness (QED) is 0.553. The van der Waals surface area contributed by atoms with Gasteiger partial charge in [0.05, 0.1) is 12.2 Å². The zero-order chi connectivity index (χ0) is 21.3. The maximum Gasteiger partial charge on any atom is 0.277 e. The number of nitrogens with zero attached hydrogens (tertiary/aromatic N) is 4. The van der Waals surface area contributed by atoms with Gasteiger partial charge in [-0.15, -0.1) is 0 Å². The number of hydrogen-bond acceptors (Lipinski definition) is 4. The normalized spacial score (nSPS) is 11.0. The summed E-state index contributed by atoms with van der Waals surface area (Å²) in [5.41, 5.74) is 2.62. The lowest BCUT2D eigenvalue weighted by atomic mass is 10.1. The minimum atomic E-state index is -0.353. The standard InChI is InChI=1S/C22H20FN5O2/c1-14-19(12-16-6-4-3-5-7-16)20(30)28-21(24-14)25-22(26-28)27(15(2)29)13-17-8-10-18(23)11-9-17/h3-11H,12-13H2,1-2H3,(H,24,25,26). The molecular formula is C22H20FN5O2. The number of rotatable bonds is 5. The molecule has 1 amide bonds. The van der Waals surface area contributed by atoms with E-state index in [1.807, 2.05) is 30.3 Å². The van der Waals surface area contributed by atoms with Crippen LogP contribution < -0.4 is 10.5 Å². The second kappa shape index (κ2) is 7.90. The number of aromatic nitrogens is 4. The first kappa shape index (κ1) is 19.5. The van der Waals surface area contributed by atoms with E-state index >= 15 is 0 Å². The number of amides is 1. The van der Waals surface area contributed by atoms with E-state index in [2.05, 4.69) is 15.1 Å². The Morgan fingerprint density at radius 2 is 1.77 bits per heavy atom. The van der Waals surface area contributed by atoms with Gasteiger partial charge in [0.25, 0.3) is 11.3 Å². The third-order valence-electron chi connectivity index (χ3n) is 4.90. The maximum absolute atomic E-state index is 13.2. The van der Waals surface area contributed by atoms with Gasteiger partial charge in [-0.3, -0.25) is 19.6 Å². The SMILES string of the molecule is CC(=O)N(Cc1ccc(F)cc1)c1nc2nc(C)c(Cc3ccccc3)c(=O)n2[nH]1. The van der Waals surface area contributed by atoms with Crippen molar-refractivity contribution in [3.63, 3.8) is 0 Å². The lowest BCUT2D eigenvalue weighted by molar-refractivity contribution is -0.116. The van der Waals surface area contributed by atoms with Crippen LogP contribution in [0.15, 0.2) is 59.4 Å². The maximum atomic E-state index is 13.2. The number of aryl methyl sites for hydroxylation is 1. The zero-order valence-electron chi connectivity index (χ0n) is 16.6. The highest BCUT2D eigenvalue weighted by Crippen LogP contribution is 2.16. The van der Waals surface area contributed by atoms with Crippen LogP contribution in [0.1, 0.15) is 29.3 Å². The van der Waals surface area contributed by atoms with Gasteiger partial charge in [0.15, 0.2) is 0 Å². The van der Waals surface area contributed by atoms with Gasteiger partial charge in [0.1, 0.15) is 5.82 Å². The summed E-state index contributed by atoms with van der Waals surface area (Å²) >= 11 is 0. The minimum absolute atomic E-state index is 0.181. The molecule has 0 saturated heterocycles. The summed E-state index contributed by atoms with van der Waals surface area (Å²) in [6, 6.07) is 15.5. The Hall–Kier alpha value is -3.81. The molecule has 2 aromatic heterocycles. The molecule has 0 fully saturated rings. The Kier molecular flexibility index (Phi) is 5.14. The first-order chi connectivity index (χ1) is 14.4. The van der Waals surface area contributed by atoms with Crippen LogP contribution in [0.2, 0.25) is 0 Å². The average Bonchev–Trinajstić information content (AvgIpc) is 3.15. The largest absolute Gasteiger partial charge is 0.277 e. The van der Waals surface area contributed by atoms with Crippen LogP contribution in [0.4, 0.5) is 10.3 Å². The van der Waals surface area contributed by atoms with E-state index in [9.17, 15) is 14.0 Å². The number of halogens is 1. The Labute approximate surface area is 171 Å². The van der Waals surface area contributed by atoms with Crippen LogP contribution in [0.25, 0.3) is 5.78 Å². The van der Waals surface area contributed by atoms with E-state index in [0.717, 1.165) is 11.1 Å². The summed E-state index contributed by atoms with van der Waals surface area (Å²) in [7, 11) is 0. The van der Waals surface area contributed by atoms with Crippen LogP contribution in [0.5, 0.6) is 0 Å². The third-order valence-corrected chi connectivity index (χ3v) is 4.90. The van der Waals surface area contributed by atoms with E-state index < -0.39 is 0 Å². The topological polar surface area (TPSA) is 83.4 Å². The second-order valence-electron chi connectivity index (χ2n) is 7.06. The molecule has 0 atom stereocenters. The number of carbonyl (C=O) groups is 1. The van der Waals surface area contributed by atoms with E-state index in [1.54, 1.807) is 19.1 Å². The van der Waals surface area contributed by atoms with Crippen molar-refractivity contribution in [1.29, 1.82) is 0 Å². The van der Waals surface area contributed by atoms with Gasteiger partial charge in [-0.05, 0) is 30.2 Å². The van der Waals surface area contributed by atoms with Gasteiger partial charge in [-0.2, -0.15) is 9.50 Å². The molecule has 0 spiro atoms. The highest BCUT2D eigenvalue weighted by atomic mass is 19.1. The molecule has 0 aliphatic rings. The number of H-pyrrole nitrogens is 1. The number of anilines is 1. The first-order valence-electron chi connectivity index (χ1n) is 9.47. The third kappa shape index (κ3) is 3.84. The number of carbonyl (C=O) groups excluding carboxylic acids is 1. The Morgan fingerprint density at radius 1 is 1.07 bits per heavy atom. The van der Waals surface area contributed by atoms with Crippen molar-refractivity contribution in [3.8, 4) is 0 Å². The van der Waals surface area contributed by atoms with Crippen molar-refractivity contribution in [2.75, 3.05) is 4.90 Å². The molecule has 30 heavy (non-hydrogen) atoms. The molecule has 0 aliphatic heterocycles. The average molecular weight is 405 g/mol. The molecule has 7 nitrogen and oxygen atoms in total. The van der Waals surface area contributed by atoms with E-state index in [0.29, 0.717) is 17.7 Å². The van der Waals surface area contributed by atoms with E-state index in [-0.39, 0.29) is 35.6 Å². The number of benzene rings is 2. The Bertz CT molecular complexity index is 1260. The molecule has 2 heterocycles. The summed E-state index contributed by atoms with van der Waals surface area (Å²) in [6.07, 6.45) is 0.446. The molecule has 4 aromatic rings. The highest BCUT2D eigenvalue weighted by molar-refractivity contribution is 5.89. The van der Waals surface area contributed by atoms with Gasteiger partial charge < -0.3 is 0 Å². The monoisotopic (exact) mass is 405 g/mol. The molecule has 152 valence electrons. The first-order valence-corrected chi connectivity index (χ1v) is 9.47. The Balaban J connectivity index is 1.72. The van der Waals surface area contributed by atoms with Crippen molar-refractivity contribution < 1.29 is 9.18 Å². The van der Waals surface area contributed by atoms with Crippen molar-refractivity contribution in [2.45, 2.75) is 26.8 Å². The van der Waals surface area contributed by atoms with Crippen LogP contribution in [0.3, 0.4) is 0 Å². The van der Waals surface area contributed by atoms with Gasteiger partial charge in [-0.1, -0.05) is 42.5 Å². The van der Waals surface area contributed by atoms with Crippen molar-refractivity contribution >= 4 is 17.6 Å². The van der Waals surface area contributed by atoms with E-state index in [1.165, 1.54) is 28.5 Å². The van der Waals surface area contributed by atoms with Crippen molar-refractivity contribution in [1.82, 2.24) is 19.6 Å². The van der Waals surface area contributed by atoms with Gasteiger partial charge in [0.2, 0.25) is 11.9 Å². The second-order valence-corrected chi connectivity index (χ2v) is 7.06. The fraction of sp³-hybridized carbons (Fsp3) is 0.182. The lowest BCUT2D eigenvalue weighted by Crippen LogP contribution is -2.29. The lowest BCUT2D eigenvalue weighted by Gasteiger charge is -2.17. The molecule has 8 heteroatoms. The van der Waals surface area contributed by atoms with E-state index in [4.69, 9.17) is 0 Å². The van der Waals surface area contributed by atoms with Gasteiger partial charge in [-0.25, -0.2) is 9.37 Å². The summed E-state index contributed by atoms with van der Waals surface area (Å²) in [5.74, 6) is -0.232. The summed E-state index contributed by atoms with van der Waals surface area (Å²) in [4.78, 5) is 35.5. The molecule has 4 rings (SSSR count). The van der Waals surface area contributed by atoms with Crippen molar-refractivity contribution in [3.05, 3.63) is 93.2 Å². The molecule has 0 aliphatic carbocycles. The van der Waals surface area contributed by atoms with Crippen molar-refractivity contribution in [2.24, 2.45) is 0 Å². The molecule has 0 bridgehead atoms. The van der Waals surface area contributed by atoms with Crippen LogP contribution in [0, 0.1) is 12.7 Å². The smallest absolute Gasteiger partial charge is 0.277 e. The fourth-order valence-corrected chi connectivity index (χ4v) is 3.28. The van der Waals surface area contributed by atoms with Gasteiger partial charge >= 0.3 is 0 Å². The van der Waals surface area contributed by atoms with Crippen LogP contribution in [-0.4, -0.2) is 25.5 Å². The predicted molar refractivity (Wildman–Crippen MR) is 111 cm³/mol. The summed E-state index contributed by atoms with van der Waals surface area (Å²) < 4.78 is 14.4. The number of hydrogen-bond donors (Lipinski definition) is 1. The van der Waals surface area contributed by atoms with Crippen LogP contribution >= 0.6 is 0 Å². The highest BCUT2D eigenvalue weighted by Gasteiger charge is 2.19. The molecule has 1 N–H and O–H groups in total. The fourth-order valence-electron chi connectivity index (χ4n) is 3.28. The minimum Gasteiger partial charge on any atom is -0.277 e. The van der Waals surface area contributed by atoms with Gasteiger partial charge in [0, 0.05) is 18.9 Å². The Morgan fingerprint density at radius 3 is 2.43 bits per heavy atom. The predicted octanol–water partition coefficient (Wildman–Crippen LogP) is 3.01. The molecule has 2 aromatic carbocycles.